The maximum absolute atomic E-state index is 13.1. The molecule has 4 nitrogen and oxygen atoms in total. The smallest absolute Gasteiger partial charge is 0.242 e. The van der Waals surface area contributed by atoms with Crippen LogP contribution in [0, 0.1) is 13.8 Å². The third-order valence-corrected chi connectivity index (χ3v) is 5.96. The van der Waals surface area contributed by atoms with Gasteiger partial charge in [-0.05, 0) is 50.5 Å². The predicted molar refractivity (Wildman–Crippen MR) is 121 cm³/mol. The fraction of sp³-hybridized carbons (Fsp3) is 0.417. The Morgan fingerprint density at radius 1 is 1.03 bits per heavy atom. The van der Waals surface area contributed by atoms with Crippen LogP contribution in [-0.2, 0) is 16.1 Å². The van der Waals surface area contributed by atoms with Crippen molar-refractivity contribution < 1.29 is 9.59 Å². The Hall–Kier alpha value is -2.27. The molecule has 0 saturated carbocycles. The van der Waals surface area contributed by atoms with Crippen LogP contribution in [-0.4, -0.2) is 35.1 Å². The van der Waals surface area contributed by atoms with Crippen LogP contribution in [0.5, 0.6) is 0 Å². The molecule has 0 saturated heterocycles. The molecule has 0 aliphatic rings. The molecule has 0 fully saturated rings. The molecular formula is C24H32N2O2S. The van der Waals surface area contributed by atoms with Gasteiger partial charge in [0.05, 0.1) is 0 Å². The minimum atomic E-state index is -0.452. The quantitative estimate of drug-likeness (QED) is 0.574. The first-order valence-electron chi connectivity index (χ1n) is 10.3. The molecular weight excluding hydrogens is 380 g/mol. The third kappa shape index (κ3) is 6.93. The van der Waals surface area contributed by atoms with E-state index in [0.29, 0.717) is 31.7 Å². The van der Waals surface area contributed by atoms with Crippen LogP contribution in [0.25, 0.3) is 0 Å². The first-order chi connectivity index (χ1) is 14.0. The van der Waals surface area contributed by atoms with Gasteiger partial charge >= 0.3 is 0 Å². The van der Waals surface area contributed by atoms with E-state index in [2.05, 4.69) is 36.5 Å². The average molecular weight is 413 g/mol. The Balaban J connectivity index is 2.11. The number of likely N-dealkylation sites (N-methyl/N-ethyl adjacent to an activating group) is 1. The number of rotatable bonds is 10. The third-order valence-electron chi connectivity index (χ3n) is 4.94. The van der Waals surface area contributed by atoms with Crippen molar-refractivity contribution in [3.63, 3.8) is 0 Å². The predicted octanol–water partition coefficient (Wildman–Crippen LogP) is 4.73. The molecule has 0 aliphatic carbocycles. The highest BCUT2D eigenvalue weighted by molar-refractivity contribution is 7.99. The van der Waals surface area contributed by atoms with E-state index < -0.39 is 6.04 Å². The molecule has 2 aromatic rings. The molecule has 0 radical (unpaired) electrons. The van der Waals surface area contributed by atoms with Crippen molar-refractivity contribution in [3.05, 3.63) is 65.2 Å². The van der Waals surface area contributed by atoms with E-state index in [1.807, 2.05) is 45.0 Å². The first kappa shape index (κ1) is 23.0. The zero-order chi connectivity index (χ0) is 21.2. The van der Waals surface area contributed by atoms with E-state index in [0.717, 1.165) is 16.0 Å². The van der Waals surface area contributed by atoms with Crippen LogP contribution in [0.1, 0.15) is 43.4 Å². The average Bonchev–Trinajstić information content (AvgIpc) is 2.71. The summed E-state index contributed by atoms with van der Waals surface area (Å²) >= 11 is 1.67. The fourth-order valence-electron chi connectivity index (χ4n) is 3.22. The van der Waals surface area contributed by atoms with E-state index in [-0.39, 0.29) is 11.8 Å². The zero-order valence-electron chi connectivity index (χ0n) is 17.9. The molecule has 5 heteroatoms. The molecule has 2 amide bonds. The second-order valence-electron chi connectivity index (χ2n) is 7.18. The number of nitrogens with zero attached hydrogens (tertiary/aromatic N) is 1. The summed E-state index contributed by atoms with van der Waals surface area (Å²) in [6.45, 7) is 8.97. The van der Waals surface area contributed by atoms with E-state index >= 15 is 0 Å². The highest BCUT2D eigenvalue weighted by Gasteiger charge is 2.28. The molecule has 29 heavy (non-hydrogen) atoms. The molecule has 2 rings (SSSR count). The number of benzene rings is 2. The number of amides is 2. The summed E-state index contributed by atoms with van der Waals surface area (Å²) in [6, 6.07) is 15.9. The van der Waals surface area contributed by atoms with Gasteiger partial charge in [0.15, 0.2) is 0 Å². The van der Waals surface area contributed by atoms with Crippen LogP contribution in [0.2, 0.25) is 0 Å². The van der Waals surface area contributed by atoms with Gasteiger partial charge in [0.25, 0.3) is 0 Å². The van der Waals surface area contributed by atoms with E-state index in [4.69, 9.17) is 0 Å². The molecule has 1 N–H and O–H groups in total. The van der Waals surface area contributed by atoms with E-state index in [1.54, 1.807) is 16.7 Å². The standard InChI is InChI=1S/C24H32N2O2S/c1-5-22(24(28)25-6-2)26(17-20-10-8-7-9-19(20)4)23(27)15-16-29-21-13-11-18(3)12-14-21/h7-14,22H,5-6,15-17H2,1-4H3,(H,25,28). The van der Waals surface area contributed by atoms with E-state index in [9.17, 15) is 9.59 Å². The lowest BCUT2D eigenvalue weighted by molar-refractivity contribution is -0.141. The minimum absolute atomic E-state index is 0.0194. The number of thioether (sulfide) groups is 1. The highest BCUT2D eigenvalue weighted by Crippen LogP contribution is 2.21. The van der Waals surface area contributed by atoms with Gasteiger partial charge in [-0.1, -0.05) is 48.9 Å². The van der Waals surface area contributed by atoms with Crippen molar-refractivity contribution in [1.82, 2.24) is 10.2 Å². The Labute approximate surface area is 179 Å². The SMILES string of the molecule is CCNC(=O)C(CC)N(Cc1ccccc1C)C(=O)CCSc1ccc(C)cc1. The largest absolute Gasteiger partial charge is 0.355 e. The van der Waals surface area contributed by atoms with Crippen molar-refractivity contribution >= 4 is 23.6 Å². The maximum atomic E-state index is 13.1. The molecule has 0 heterocycles. The zero-order valence-corrected chi connectivity index (χ0v) is 18.7. The molecule has 156 valence electrons. The van der Waals surface area contributed by atoms with Crippen LogP contribution >= 0.6 is 11.8 Å². The molecule has 1 atom stereocenters. The first-order valence-corrected chi connectivity index (χ1v) is 11.3. The normalized spacial score (nSPS) is 11.7. The summed E-state index contributed by atoms with van der Waals surface area (Å²) in [6.07, 6.45) is 0.995. The van der Waals surface area contributed by atoms with E-state index in [1.165, 1.54) is 5.56 Å². The molecule has 1 unspecified atom stereocenters. The minimum Gasteiger partial charge on any atom is -0.355 e. The Morgan fingerprint density at radius 2 is 1.72 bits per heavy atom. The summed E-state index contributed by atoms with van der Waals surface area (Å²) in [7, 11) is 0. The number of carbonyl (C=O) groups is 2. The van der Waals surface area contributed by atoms with Gasteiger partial charge < -0.3 is 10.2 Å². The summed E-state index contributed by atoms with van der Waals surface area (Å²) in [4.78, 5) is 28.7. The van der Waals surface area contributed by atoms with Crippen LogP contribution in [0.15, 0.2) is 53.4 Å². The second kappa shape index (κ2) is 11.7. The Morgan fingerprint density at radius 3 is 2.34 bits per heavy atom. The topological polar surface area (TPSA) is 49.4 Å². The molecule has 0 aromatic heterocycles. The number of hydrogen-bond donors (Lipinski definition) is 1. The molecule has 2 aromatic carbocycles. The van der Waals surface area contributed by atoms with Gasteiger partial charge in [-0.15, -0.1) is 11.8 Å². The monoisotopic (exact) mass is 412 g/mol. The van der Waals surface area contributed by atoms with Crippen molar-refractivity contribution in [3.8, 4) is 0 Å². The maximum Gasteiger partial charge on any atom is 0.242 e. The molecule has 0 spiro atoms. The Kier molecular flexibility index (Phi) is 9.26. The van der Waals surface area contributed by atoms with Crippen molar-refractivity contribution in [2.75, 3.05) is 12.3 Å². The number of carbonyl (C=O) groups excluding carboxylic acids is 2. The van der Waals surface area contributed by atoms with Crippen molar-refractivity contribution in [2.24, 2.45) is 0 Å². The lowest BCUT2D eigenvalue weighted by Crippen LogP contribution is -2.49. The highest BCUT2D eigenvalue weighted by atomic mass is 32.2. The van der Waals surface area contributed by atoms with Gasteiger partial charge in [-0.2, -0.15) is 0 Å². The van der Waals surface area contributed by atoms with Crippen LogP contribution in [0.3, 0.4) is 0 Å². The lowest BCUT2D eigenvalue weighted by atomic mass is 10.1. The fourth-order valence-corrected chi connectivity index (χ4v) is 4.06. The molecule has 0 aliphatic heterocycles. The number of nitrogens with one attached hydrogen (secondary N) is 1. The molecule has 0 bridgehead atoms. The van der Waals surface area contributed by atoms with Gasteiger partial charge in [0, 0.05) is 30.2 Å². The van der Waals surface area contributed by atoms with Crippen molar-refractivity contribution in [1.29, 1.82) is 0 Å². The lowest BCUT2D eigenvalue weighted by Gasteiger charge is -2.31. The number of aryl methyl sites for hydroxylation is 2. The second-order valence-corrected chi connectivity index (χ2v) is 8.35. The summed E-state index contributed by atoms with van der Waals surface area (Å²) < 4.78 is 0. The van der Waals surface area contributed by atoms with Gasteiger partial charge in [0.1, 0.15) is 6.04 Å². The van der Waals surface area contributed by atoms with Crippen LogP contribution < -0.4 is 5.32 Å². The van der Waals surface area contributed by atoms with Gasteiger partial charge in [-0.3, -0.25) is 9.59 Å². The summed E-state index contributed by atoms with van der Waals surface area (Å²) in [5.41, 5.74) is 3.43. The van der Waals surface area contributed by atoms with Crippen LogP contribution in [0.4, 0.5) is 0 Å². The van der Waals surface area contributed by atoms with Gasteiger partial charge in [0.2, 0.25) is 11.8 Å². The Bertz CT molecular complexity index is 805. The van der Waals surface area contributed by atoms with Gasteiger partial charge in [-0.25, -0.2) is 0 Å². The summed E-state index contributed by atoms with van der Waals surface area (Å²) in [5, 5.41) is 2.88. The van der Waals surface area contributed by atoms with Crippen molar-refractivity contribution in [2.45, 2.75) is 58.0 Å². The summed E-state index contributed by atoms with van der Waals surface area (Å²) in [5.74, 6) is 0.631. The number of hydrogen-bond acceptors (Lipinski definition) is 3.